The van der Waals surface area contributed by atoms with Gasteiger partial charge in [0.15, 0.2) is 0 Å². The van der Waals surface area contributed by atoms with Crippen LogP contribution in [0.25, 0.3) is 11.5 Å². The van der Waals surface area contributed by atoms with Crippen LogP contribution in [-0.4, -0.2) is 316 Å². The van der Waals surface area contributed by atoms with Gasteiger partial charge in [0.25, 0.3) is 11.8 Å². The van der Waals surface area contributed by atoms with Gasteiger partial charge in [0.05, 0.1) is 179 Å². The van der Waals surface area contributed by atoms with Gasteiger partial charge in [0.2, 0.25) is 35.4 Å². The highest BCUT2D eigenvalue weighted by molar-refractivity contribution is 7.65. The van der Waals surface area contributed by atoms with E-state index >= 15 is 0 Å². The molecule has 1 heterocycles. The standard InChI is InChI=1S/C103H187N9O25S/c1-92(2,3)34-36-94(7,8)78-132-76-77-134-101(21,22)39-47-107-89(118)97(13,14)42-58-125-61-50-109-90(119)98(15,16)43-57-124-60-49-105-84(114)33-55-123-65-69-129-73-75-131-71-67-127-63-52-112(86(115)82-30-28-81(29-31-82)85-110-111-91(137-85)138-120)51-62-126-66-70-130-74-72-128-68-64-122-54-32-83(113)104-46-38-100(19,20)133-59-44-99(17,18)87(116)106-45-27-53-121-56-41-96(11,12)88(117)108-48-40-102(23,24)136-80-103(25,26)135-79-95(9,10)37-35-93(4,5)6/h28-31H,27,32-80H2,1-26H3,(H5-,104,105,106,107,108,109,113,114,116,117,118,119)/p+1. The average Bonchev–Trinajstić information content (AvgIpc) is 1.55. The maximum atomic E-state index is 13.8. The van der Waals surface area contributed by atoms with Gasteiger partial charge in [-0.2, -0.15) is 0 Å². The van der Waals surface area contributed by atoms with Crippen molar-refractivity contribution in [2.45, 2.75) is 298 Å². The number of hydrogen-bond donors (Lipinski definition) is 6. The minimum Gasteiger partial charge on any atom is -0.381 e. The Morgan fingerprint density at radius 1 is 0.304 bits per heavy atom. The fourth-order valence-electron chi connectivity index (χ4n) is 12.9. The van der Waals surface area contributed by atoms with Crippen LogP contribution in [0.2, 0.25) is 0 Å². The van der Waals surface area contributed by atoms with E-state index < -0.39 is 44.1 Å². The number of ether oxygens (including phenoxy) is 16. The molecule has 0 spiro atoms. The van der Waals surface area contributed by atoms with Crippen molar-refractivity contribution in [2.24, 2.45) is 43.3 Å². The summed E-state index contributed by atoms with van der Waals surface area (Å²) in [7, 11) is 0. The van der Waals surface area contributed by atoms with Gasteiger partial charge in [-0.3, -0.25) is 33.6 Å². The second kappa shape index (κ2) is 66.9. The number of aromatic nitrogens is 2. The zero-order valence-corrected chi connectivity index (χ0v) is 90.9. The molecule has 0 bridgehead atoms. The summed E-state index contributed by atoms with van der Waals surface area (Å²) in [6, 6.07) is 6.62. The quantitative estimate of drug-likeness (QED) is 0.0265. The Labute approximate surface area is 833 Å². The van der Waals surface area contributed by atoms with Crippen molar-refractivity contribution in [3.63, 3.8) is 0 Å². The predicted octanol–water partition coefficient (Wildman–Crippen LogP) is 13.8. The predicted molar refractivity (Wildman–Crippen MR) is 536 cm³/mol. The number of amides is 7. The Hall–Kier alpha value is -5.97. The normalized spacial score (nSPS) is 13.0. The molecule has 0 aliphatic carbocycles. The van der Waals surface area contributed by atoms with E-state index in [4.69, 9.17) is 80.2 Å². The van der Waals surface area contributed by atoms with Crippen molar-refractivity contribution in [1.29, 1.82) is 0 Å². The lowest BCUT2D eigenvalue weighted by atomic mass is 9.80. The summed E-state index contributed by atoms with van der Waals surface area (Å²) in [6.07, 6.45) is 9.43. The highest BCUT2D eigenvalue weighted by Gasteiger charge is 2.36. The van der Waals surface area contributed by atoms with Gasteiger partial charge in [-0.15, -0.1) is 5.10 Å². The lowest BCUT2D eigenvalue weighted by Gasteiger charge is -2.36. The van der Waals surface area contributed by atoms with Gasteiger partial charge in [-0.1, -0.05) is 125 Å². The summed E-state index contributed by atoms with van der Waals surface area (Å²) < 4.78 is 111. The Kier molecular flexibility index (Phi) is 62.1. The molecule has 2 aromatic rings. The fraction of sp³-hybridized carbons (Fsp3) is 0.854. The SMILES string of the molecule is CC(C)(C)CCC(C)(C)COCCOC(C)(C)CCNC(=O)C(C)(C)CCOCCNC(=O)C(C)(C)CCOCCNC(=O)CCOCCOCCOCCOCCN(CCOCCOCCOCCOCCC(=O)NCCC(C)(C)OCCC(C)(C)C(=O)NCCCOCCC(C)(C)C(=O)NCCC(C)(C)OCC(C)(C)OCC(C)(C)CCC(C)(C)C)C(=O)c1ccc(-c2nnc([S+]=O)o2)cc1. The zero-order chi connectivity index (χ0) is 103. The topological polar surface area (TPSA) is 399 Å². The van der Waals surface area contributed by atoms with Crippen molar-refractivity contribution in [3.8, 4) is 11.5 Å². The number of hydrogen-bond acceptors (Lipinski definition) is 27. The molecule has 0 fully saturated rings. The third-order valence-electron chi connectivity index (χ3n) is 23.5. The van der Waals surface area contributed by atoms with Gasteiger partial charge in [0.1, 0.15) is 0 Å². The second-order valence-electron chi connectivity index (χ2n) is 44.7. The minimum atomic E-state index is -0.688. The molecule has 6 N–H and O–H groups in total. The molecule has 1 aromatic carbocycles. The highest BCUT2D eigenvalue weighted by atomic mass is 32.1. The first kappa shape index (κ1) is 128. The maximum Gasteiger partial charge on any atom is 0.574 e. The van der Waals surface area contributed by atoms with Gasteiger partial charge in [0, 0.05) is 131 Å². The Balaban J connectivity index is 1.52. The summed E-state index contributed by atoms with van der Waals surface area (Å²) in [5.41, 5.74) is -2.73. The van der Waals surface area contributed by atoms with Crippen molar-refractivity contribution >= 4 is 53.0 Å². The molecular weight excluding hydrogens is 1800 g/mol. The molecule has 2 rings (SSSR count). The first-order valence-electron chi connectivity index (χ1n) is 50.2. The molecule has 34 nitrogen and oxygen atoms in total. The molecule has 1 aromatic heterocycles. The van der Waals surface area contributed by atoms with E-state index in [9.17, 15) is 37.8 Å². The number of benzene rings is 1. The zero-order valence-electron chi connectivity index (χ0n) is 90.1. The van der Waals surface area contributed by atoms with Gasteiger partial charge >= 0.3 is 16.9 Å². The highest BCUT2D eigenvalue weighted by Crippen LogP contribution is 2.35. The Bertz CT molecular complexity index is 3670. The number of rotatable bonds is 85. The van der Waals surface area contributed by atoms with Crippen molar-refractivity contribution in [1.82, 2.24) is 47.0 Å². The molecule has 7 amide bonds. The first-order chi connectivity index (χ1) is 64.5. The summed E-state index contributed by atoms with van der Waals surface area (Å²) in [5.74, 6) is -0.668. The van der Waals surface area contributed by atoms with Crippen LogP contribution in [0.5, 0.6) is 0 Å². The third-order valence-corrected chi connectivity index (χ3v) is 23.8. The lowest BCUT2D eigenvalue weighted by Crippen LogP contribution is -2.42. The van der Waals surface area contributed by atoms with E-state index in [1.807, 2.05) is 96.9 Å². The Morgan fingerprint density at radius 3 is 1.06 bits per heavy atom. The molecule has 138 heavy (non-hydrogen) atoms. The third kappa shape index (κ3) is 64.6. The van der Waals surface area contributed by atoms with Gasteiger partial charge in [-0.25, -0.2) is 0 Å². The van der Waals surface area contributed by atoms with Crippen LogP contribution in [0.3, 0.4) is 0 Å². The van der Waals surface area contributed by atoms with E-state index in [0.29, 0.717) is 253 Å². The fourth-order valence-corrected chi connectivity index (χ4v) is 13.1. The largest absolute Gasteiger partial charge is 0.574 e. The van der Waals surface area contributed by atoms with E-state index in [1.165, 1.54) is 0 Å². The maximum absolute atomic E-state index is 13.8. The molecule has 0 radical (unpaired) electrons. The molecular formula is C103H188N9O25S+. The van der Waals surface area contributed by atoms with Crippen LogP contribution >= 0.6 is 0 Å². The van der Waals surface area contributed by atoms with Gasteiger partial charge < -0.3 is 117 Å². The van der Waals surface area contributed by atoms with Crippen molar-refractivity contribution < 1.29 is 118 Å². The molecule has 0 saturated carbocycles. The van der Waals surface area contributed by atoms with Gasteiger partial charge in [-0.05, 0) is 183 Å². The first-order valence-corrected chi connectivity index (χ1v) is 51.0. The number of carbonyl (C=O) groups excluding carboxylic acids is 7. The summed E-state index contributed by atoms with van der Waals surface area (Å²) >= 11 is 0.0931. The molecule has 0 aliphatic rings. The number of nitrogens with one attached hydrogen (secondary N) is 6. The van der Waals surface area contributed by atoms with E-state index in [2.05, 4.69) is 125 Å². The molecule has 0 saturated heterocycles. The molecule has 35 heteroatoms. The van der Waals surface area contributed by atoms with Crippen LogP contribution < -0.4 is 31.9 Å². The molecule has 0 atom stereocenters. The average molecular weight is 1980 g/mol. The Morgan fingerprint density at radius 2 is 0.638 bits per heavy atom. The number of nitrogens with zero attached hydrogens (tertiary/aromatic N) is 3. The van der Waals surface area contributed by atoms with Crippen LogP contribution in [-0.2, 0) is 120 Å². The summed E-state index contributed by atoms with van der Waals surface area (Å²) in [5, 5.41) is 25.4. The van der Waals surface area contributed by atoms with Crippen LogP contribution in [0.15, 0.2) is 33.9 Å². The van der Waals surface area contributed by atoms with Crippen LogP contribution in [0.4, 0.5) is 0 Å². The lowest BCUT2D eigenvalue weighted by molar-refractivity contribution is -0.138. The van der Waals surface area contributed by atoms with Crippen LogP contribution in [0, 0.1) is 43.3 Å². The number of carbonyl (C=O) groups is 7. The summed E-state index contributed by atoms with van der Waals surface area (Å²) in [6.45, 7) is 67.0. The van der Waals surface area contributed by atoms with Crippen LogP contribution in [0.1, 0.15) is 280 Å². The minimum absolute atomic E-state index is 0.0312. The van der Waals surface area contributed by atoms with Crippen molar-refractivity contribution in [3.05, 3.63) is 29.8 Å². The molecule has 800 valence electrons. The summed E-state index contributed by atoms with van der Waals surface area (Å²) in [4.78, 5) is 93.0. The van der Waals surface area contributed by atoms with Crippen molar-refractivity contribution in [2.75, 3.05) is 237 Å². The monoisotopic (exact) mass is 1980 g/mol. The second-order valence-corrected chi connectivity index (χ2v) is 45.3. The van der Waals surface area contributed by atoms with E-state index in [1.54, 1.807) is 29.2 Å². The van der Waals surface area contributed by atoms with E-state index in [-0.39, 0.29) is 146 Å². The molecule has 0 aliphatic heterocycles. The van der Waals surface area contributed by atoms with E-state index in [0.717, 1.165) is 25.7 Å². The smallest absolute Gasteiger partial charge is 0.381 e. The molecule has 0 unspecified atom stereocenters.